The van der Waals surface area contributed by atoms with Crippen molar-refractivity contribution in [1.29, 1.82) is 10.5 Å². The zero-order chi connectivity index (χ0) is 26.3. The SMILES string of the molecule is N#CC(c1ccccc1)(c1ccccc1)[C@@H]1C/C=C\C=C/[C@H](C(C#N)(c2ccccc2)c2ccccc2)C1. The molecule has 1 aliphatic rings. The highest BCUT2D eigenvalue weighted by molar-refractivity contribution is 5.51. The van der Waals surface area contributed by atoms with E-state index in [0.717, 1.165) is 28.7 Å². The van der Waals surface area contributed by atoms with E-state index in [2.05, 4.69) is 85.0 Å². The van der Waals surface area contributed by atoms with Gasteiger partial charge >= 0.3 is 0 Å². The van der Waals surface area contributed by atoms with Crippen molar-refractivity contribution in [3.8, 4) is 12.1 Å². The van der Waals surface area contributed by atoms with Gasteiger partial charge in [-0.05, 0) is 41.0 Å². The summed E-state index contributed by atoms with van der Waals surface area (Å²) in [5.41, 5.74) is 2.12. The fourth-order valence-corrected chi connectivity index (χ4v) is 6.15. The van der Waals surface area contributed by atoms with Gasteiger partial charge in [0.25, 0.3) is 0 Å². The Hall–Kier alpha value is -4.66. The molecule has 0 aromatic heterocycles. The van der Waals surface area contributed by atoms with Crippen molar-refractivity contribution in [2.24, 2.45) is 11.8 Å². The van der Waals surface area contributed by atoms with Gasteiger partial charge in [0.2, 0.25) is 0 Å². The summed E-state index contributed by atoms with van der Waals surface area (Å²) in [5, 5.41) is 22.0. The van der Waals surface area contributed by atoms with E-state index in [-0.39, 0.29) is 11.8 Å². The zero-order valence-corrected chi connectivity index (χ0v) is 21.3. The Kier molecular flexibility index (Phi) is 7.35. The highest BCUT2D eigenvalue weighted by Crippen LogP contribution is 2.49. The van der Waals surface area contributed by atoms with Crippen molar-refractivity contribution in [3.63, 3.8) is 0 Å². The molecule has 1 aliphatic carbocycles. The Morgan fingerprint density at radius 1 is 0.526 bits per heavy atom. The van der Waals surface area contributed by atoms with Crippen LogP contribution >= 0.6 is 0 Å². The molecule has 4 aromatic rings. The van der Waals surface area contributed by atoms with Gasteiger partial charge in [-0.2, -0.15) is 10.5 Å². The Balaban J connectivity index is 1.72. The minimum atomic E-state index is -0.906. The van der Waals surface area contributed by atoms with Gasteiger partial charge in [-0.3, -0.25) is 0 Å². The maximum absolute atomic E-state index is 11.0. The third-order valence-electron chi connectivity index (χ3n) is 7.99. The molecule has 2 nitrogen and oxygen atoms in total. The number of nitriles is 2. The van der Waals surface area contributed by atoms with Crippen LogP contribution < -0.4 is 0 Å². The smallest absolute Gasteiger partial charge is 0.113 e. The monoisotopic (exact) mass is 490 g/mol. The lowest BCUT2D eigenvalue weighted by atomic mass is 9.58. The second-order valence-corrected chi connectivity index (χ2v) is 9.89. The Morgan fingerprint density at radius 2 is 0.921 bits per heavy atom. The largest absolute Gasteiger partial charge is 0.197 e. The molecule has 0 saturated carbocycles. The van der Waals surface area contributed by atoms with Gasteiger partial charge in [-0.1, -0.05) is 146 Å². The number of nitrogens with zero attached hydrogens (tertiary/aromatic N) is 2. The third-order valence-corrected chi connectivity index (χ3v) is 7.99. The van der Waals surface area contributed by atoms with Gasteiger partial charge in [0.1, 0.15) is 10.8 Å². The summed E-state index contributed by atoms with van der Waals surface area (Å²) in [6.07, 6.45) is 9.85. The highest BCUT2D eigenvalue weighted by Gasteiger charge is 2.48. The number of allylic oxidation sites excluding steroid dienone is 4. The van der Waals surface area contributed by atoms with E-state index in [9.17, 15) is 10.5 Å². The first kappa shape index (κ1) is 25.0. The lowest BCUT2D eigenvalue weighted by Gasteiger charge is -2.42. The molecule has 38 heavy (non-hydrogen) atoms. The van der Waals surface area contributed by atoms with Crippen LogP contribution in [0.3, 0.4) is 0 Å². The van der Waals surface area contributed by atoms with Gasteiger partial charge in [-0.25, -0.2) is 0 Å². The second kappa shape index (κ2) is 11.2. The molecule has 0 fully saturated rings. The van der Waals surface area contributed by atoms with Crippen LogP contribution in [0.25, 0.3) is 0 Å². The molecular weight excluding hydrogens is 460 g/mol. The average Bonchev–Trinajstić information content (AvgIpc) is 2.98. The summed E-state index contributed by atoms with van der Waals surface area (Å²) in [7, 11) is 0. The van der Waals surface area contributed by atoms with Crippen LogP contribution in [-0.2, 0) is 10.8 Å². The van der Waals surface area contributed by atoms with Crippen molar-refractivity contribution in [3.05, 3.63) is 168 Å². The molecule has 0 spiro atoms. The van der Waals surface area contributed by atoms with Crippen molar-refractivity contribution in [2.45, 2.75) is 23.7 Å². The second-order valence-electron chi connectivity index (χ2n) is 9.89. The first-order valence-electron chi connectivity index (χ1n) is 13.1. The van der Waals surface area contributed by atoms with E-state index in [1.165, 1.54) is 0 Å². The molecular formula is C36H30N2. The van der Waals surface area contributed by atoms with Crippen LogP contribution in [0.15, 0.2) is 146 Å². The van der Waals surface area contributed by atoms with Gasteiger partial charge in [0, 0.05) is 5.92 Å². The first-order valence-corrected chi connectivity index (χ1v) is 13.1. The Labute approximate surface area is 225 Å². The number of hydrogen-bond acceptors (Lipinski definition) is 2. The fraction of sp³-hybridized carbons (Fsp3) is 0.167. The van der Waals surface area contributed by atoms with Crippen LogP contribution in [0.1, 0.15) is 35.1 Å². The van der Waals surface area contributed by atoms with E-state index >= 15 is 0 Å². The molecule has 0 amide bonds. The summed E-state index contributed by atoms with van der Waals surface area (Å²) in [6, 6.07) is 46.1. The molecule has 5 rings (SSSR count). The van der Waals surface area contributed by atoms with Gasteiger partial charge < -0.3 is 0 Å². The van der Waals surface area contributed by atoms with Crippen molar-refractivity contribution in [1.82, 2.24) is 0 Å². The van der Waals surface area contributed by atoms with E-state index in [0.29, 0.717) is 6.42 Å². The molecule has 0 radical (unpaired) electrons. The third kappa shape index (κ3) is 4.36. The number of hydrogen-bond donors (Lipinski definition) is 0. The summed E-state index contributed by atoms with van der Waals surface area (Å²) in [5.74, 6) is -0.226. The first-order chi connectivity index (χ1) is 18.8. The van der Waals surface area contributed by atoms with E-state index in [1.54, 1.807) is 0 Å². The van der Waals surface area contributed by atoms with Crippen molar-refractivity contribution < 1.29 is 0 Å². The maximum atomic E-state index is 11.0. The predicted octanol–water partition coefficient (Wildman–Crippen LogP) is 8.14. The minimum Gasteiger partial charge on any atom is -0.197 e. The van der Waals surface area contributed by atoms with Crippen LogP contribution in [0.5, 0.6) is 0 Å². The van der Waals surface area contributed by atoms with Crippen LogP contribution in [-0.4, -0.2) is 0 Å². The lowest BCUT2D eigenvalue weighted by Crippen LogP contribution is -2.41. The molecule has 0 unspecified atom stereocenters. The molecule has 0 bridgehead atoms. The molecule has 0 heterocycles. The normalized spacial score (nSPS) is 19.2. The highest BCUT2D eigenvalue weighted by atomic mass is 14.5. The standard InChI is InChI=1S/C36H30N2/c37-27-35(29-16-6-1-7-17-29,30-18-8-2-9-19-30)33-24-14-5-15-25-34(26-33)36(28-38,31-20-10-3-11-21-31)32-22-12-4-13-23-32/h1-24,33-34H,25-26H2/b15-5-,24-14-/t33-,34+/m0/s1. The summed E-state index contributed by atoms with van der Waals surface area (Å²) in [6.45, 7) is 0. The average molecular weight is 491 g/mol. The van der Waals surface area contributed by atoms with E-state index < -0.39 is 10.8 Å². The molecule has 2 atom stereocenters. The lowest BCUT2D eigenvalue weighted by molar-refractivity contribution is 0.292. The Bertz CT molecular complexity index is 1390. The van der Waals surface area contributed by atoms with Crippen LogP contribution in [0, 0.1) is 34.5 Å². The summed E-state index contributed by atoms with van der Waals surface area (Å²) in [4.78, 5) is 0. The minimum absolute atomic E-state index is 0.0661. The summed E-state index contributed by atoms with van der Waals surface area (Å²) < 4.78 is 0. The predicted molar refractivity (Wildman–Crippen MR) is 153 cm³/mol. The van der Waals surface area contributed by atoms with E-state index in [4.69, 9.17) is 0 Å². The Morgan fingerprint density at radius 3 is 1.32 bits per heavy atom. The molecule has 2 heteroatoms. The fourth-order valence-electron chi connectivity index (χ4n) is 6.15. The van der Waals surface area contributed by atoms with Crippen LogP contribution in [0.2, 0.25) is 0 Å². The molecule has 184 valence electrons. The number of rotatable bonds is 6. The van der Waals surface area contributed by atoms with Crippen LogP contribution in [0.4, 0.5) is 0 Å². The van der Waals surface area contributed by atoms with Crippen molar-refractivity contribution >= 4 is 0 Å². The van der Waals surface area contributed by atoms with Gasteiger partial charge in [0.15, 0.2) is 0 Å². The molecule has 0 aliphatic heterocycles. The topological polar surface area (TPSA) is 47.6 Å². The van der Waals surface area contributed by atoms with Crippen molar-refractivity contribution in [2.75, 3.05) is 0 Å². The zero-order valence-electron chi connectivity index (χ0n) is 21.3. The summed E-state index contributed by atoms with van der Waals surface area (Å²) >= 11 is 0. The molecule has 4 aromatic carbocycles. The number of benzene rings is 4. The quantitative estimate of drug-likeness (QED) is 0.274. The van der Waals surface area contributed by atoms with Gasteiger partial charge in [0.05, 0.1) is 12.1 Å². The molecule has 0 N–H and O–H groups in total. The maximum Gasteiger partial charge on any atom is 0.113 e. The molecule has 0 saturated heterocycles. The van der Waals surface area contributed by atoms with E-state index in [1.807, 2.05) is 72.8 Å². The van der Waals surface area contributed by atoms with Gasteiger partial charge in [-0.15, -0.1) is 0 Å².